The maximum Gasteiger partial charge on any atom is 0.281 e. The summed E-state index contributed by atoms with van der Waals surface area (Å²) in [5.74, 6) is 0. The van der Waals surface area contributed by atoms with E-state index in [1.165, 1.54) is 31.6 Å². The third-order valence-electron chi connectivity index (χ3n) is 4.11. The fourth-order valence-electron chi connectivity index (χ4n) is 2.61. The highest BCUT2D eigenvalue weighted by molar-refractivity contribution is 7.89. The Morgan fingerprint density at radius 1 is 1.24 bits per heavy atom. The summed E-state index contributed by atoms with van der Waals surface area (Å²) in [6, 6.07) is 7.05. The Morgan fingerprint density at radius 3 is 2.62 bits per heavy atom. The summed E-state index contributed by atoms with van der Waals surface area (Å²) in [7, 11) is 0.387. The number of halogens is 1. The van der Waals surface area contributed by atoms with Gasteiger partial charge in [-0.2, -0.15) is 17.9 Å². The van der Waals surface area contributed by atoms with Gasteiger partial charge in [-0.1, -0.05) is 11.6 Å². The van der Waals surface area contributed by atoms with Gasteiger partial charge in [-0.25, -0.2) is 4.98 Å². The lowest BCUT2D eigenvalue weighted by molar-refractivity contribution is -0.385. The van der Waals surface area contributed by atoms with Crippen LogP contribution in [0.25, 0.3) is 5.65 Å². The van der Waals surface area contributed by atoms with Gasteiger partial charge in [0.05, 0.1) is 33.7 Å². The van der Waals surface area contributed by atoms with Gasteiger partial charge >= 0.3 is 0 Å². The predicted molar refractivity (Wildman–Crippen MR) is 110 cm³/mol. The molecule has 0 atom stereocenters. The van der Waals surface area contributed by atoms with E-state index in [9.17, 15) is 18.5 Å². The molecule has 1 aromatic carbocycles. The Kier molecular flexibility index (Phi) is 5.44. The molecule has 0 aliphatic rings. The van der Waals surface area contributed by atoms with Crippen LogP contribution in [0.3, 0.4) is 0 Å². The van der Waals surface area contributed by atoms with Gasteiger partial charge in [0.25, 0.3) is 15.7 Å². The van der Waals surface area contributed by atoms with E-state index in [1.807, 2.05) is 0 Å². The first-order valence-electron chi connectivity index (χ1n) is 8.22. The Hall–Kier alpha value is -3.18. The number of fused-ring (bicyclic) bond motifs is 1. The van der Waals surface area contributed by atoms with Gasteiger partial charge in [0.2, 0.25) is 0 Å². The minimum atomic E-state index is -4.15. The minimum absolute atomic E-state index is 0.225. The Balaban J connectivity index is 2.00. The molecule has 12 heteroatoms. The van der Waals surface area contributed by atoms with E-state index < -0.39 is 14.9 Å². The van der Waals surface area contributed by atoms with Crippen molar-refractivity contribution in [2.75, 3.05) is 26.0 Å². The van der Waals surface area contributed by atoms with Crippen LogP contribution in [0.5, 0.6) is 0 Å². The number of nitro groups is 1. The number of nitrogens with zero attached hydrogens (tertiary/aromatic N) is 6. The molecule has 152 valence electrons. The molecule has 0 unspecified atom stereocenters. The number of rotatable bonds is 6. The predicted octanol–water partition coefficient (Wildman–Crippen LogP) is 2.62. The first-order chi connectivity index (χ1) is 13.6. The van der Waals surface area contributed by atoms with Gasteiger partial charge in [0.15, 0.2) is 0 Å². The quantitative estimate of drug-likeness (QED) is 0.333. The van der Waals surface area contributed by atoms with E-state index in [2.05, 4.69) is 10.1 Å². The van der Waals surface area contributed by atoms with Gasteiger partial charge in [-0.3, -0.25) is 14.5 Å². The van der Waals surface area contributed by atoms with Crippen molar-refractivity contribution in [1.82, 2.24) is 13.8 Å². The summed E-state index contributed by atoms with van der Waals surface area (Å²) < 4.78 is 28.5. The first kappa shape index (κ1) is 20.6. The number of sulfonamides is 1. The molecule has 0 fully saturated rings. The molecular formula is C17H17ClN6O4S. The van der Waals surface area contributed by atoms with Crippen molar-refractivity contribution >= 4 is 44.9 Å². The van der Waals surface area contributed by atoms with Gasteiger partial charge in [0.1, 0.15) is 10.5 Å². The standard InChI is InChI=1S/C17H17ClN6O4S/c1-21(2)15-6-5-13(24(25)26)8-16(15)29(27,28)22(3)20-10-14-9-19-17-7-4-12(18)11-23(14)17/h4-11H,1-3H3. The van der Waals surface area contributed by atoms with Crippen molar-refractivity contribution in [3.8, 4) is 0 Å². The molecule has 0 spiro atoms. The molecule has 0 aliphatic heterocycles. The van der Waals surface area contributed by atoms with Crippen LogP contribution in [-0.2, 0) is 10.0 Å². The number of hydrazone groups is 1. The molecule has 0 saturated heterocycles. The van der Waals surface area contributed by atoms with Crippen molar-refractivity contribution in [2.45, 2.75) is 4.90 Å². The highest BCUT2D eigenvalue weighted by atomic mass is 35.5. The second-order valence-corrected chi connectivity index (χ2v) is 8.60. The maximum absolute atomic E-state index is 13.0. The fourth-order valence-corrected chi connectivity index (χ4v) is 4.01. The Labute approximate surface area is 171 Å². The number of aromatic nitrogens is 2. The molecular weight excluding hydrogens is 420 g/mol. The summed E-state index contributed by atoms with van der Waals surface area (Å²) in [6.45, 7) is 0. The van der Waals surface area contributed by atoms with E-state index in [1.54, 1.807) is 41.7 Å². The number of hydrogen-bond donors (Lipinski definition) is 0. The highest BCUT2D eigenvalue weighted by Crippen LogP contribution is 2.30. The van der Waals surface area contributed by atoms with Crippen LogP contribution in [0.15, 0.2) is 52.7 Å². The number of anilines is 1. The van der Waals surface area contributed by atoms with Crippen LogP contribution < -0.4 is 4.90 Å². The summed E-state index contributed by atoms with van der Waals surface area (Å²) in [5.41, 5.74) is 1.11. The van der Waals surface area contributed by atoms with Crippen molar-refractivity contribution in [3.05, 3.63) is 63.6 Å². The van der Waals surface area contributed by atoms with E-state index in [-0.39, 0.29) is 10.6 Å². The van der Waals surface area contributed by atoms with Gasteiger partial charge in [-0.15, -0.1) is 0 Å². The van der Waals surface area contributed by atoms with E-state index >= 15 is 0 Å². The number of pyridine rings is 1. The monoisotopic (exact) mass is 436 g/mol. The third-order valence-corrected chi connectivity index (χ3v) is 6.01. The third kappa shape index (κ3) is 4.00. The van der Waals surface area contributed by atoms with Crippen molar-refractivity contribution in [1.29, 1.82) is 0 Å². The molecule has 0 amide bonds. The molecule has 0 aliphatic carbocycles. The smallest absolute Gasteiger partial charge is 0.281 e. The summed E-state index contributed by atoms with van der Waals surface area (Å²) in [4.78, 5) is 16.0. The van der Waals surface area contributed by atoms with Crippen molar-refractivity contribution in [2.24, 2.45) is 5.10 Å². The highest BCUT2D eigenvalue weighted by Gasteiger charge is 2.27. The van der Waals surface area contributed by atoms with Crippen LogP contribution in [-0.4, -0.2) is 54.5 Å². The first-order valence-corrected chi connectivity index (χ1v) is 10.0. The average Bonchev–Trinajstić information content (AvgIpc) is 3.07. The zero-order chi connectivity index (χ0) is 21.3. The van der Waals surface area contributed by atoms with Crippen molar-refractivity contribution < 1.29 is 13.3 Å². The van der Waals surface area contributed by atoms with E-state index in [0.29, 0.717) is 22.1 Å². The molecule has 0 bridgehead atoms. The molecule has 10 nitrogen and oxygen atoms in total. The fraction of sp³-hybridized carbons (Fsp3) is 0.176. The van der Waals surface area contributed by atoms with Crippen molar-refractivity contribution in [3.63, 3.8) is 0 Å². The number of imidazole rings is 1. The zero-order valence-corrected chi connectivity index (χ0v) is 17.3. The summed E-state index contributed by atoms with van der Waals surface area (Å²) in [6.07, 6.45) is 4.47. The lowest BCUT2D eigenvalue weighted by Crippen LogP contribution is -2.24. The zero-order valence-electron chi connectivity index (χ0n) is 15.7. The molecule has 0 radical (unpaired) electrons. The van der Waals surface area contributed by atoms with Crippen LogP contribution in [0, 0.1) is 10.1 Å². The maximum atomic E-state index is 13.0. The van der Waals surface area contributed by atoms with E-state index in [0.717, 1.165) is 10.5 Å². The largest absolute Gasteiger partial charge is 0.377 e. The van der Waals surface area contributed by atoms with Gasteiger partial charge in [-0.05, 0) is 18.2 Å². The summed E-state index contributed by atoms with van der Waals surface area (Å²) in [5, 5.41) is 15.6. The molecule has 29 heavy (non-hydrogen) atoms. The van der Waals surface area contributed by atoms with Crippen LogP contribution >= 0.6 is 11.6 Å². The second kappa shape index (κ2) is 7.68. The number of hydrogen-bond acceptors (Lipinski definition) is 7. The van der Waals surface area contributed by atoms with E-state index in [4.69, 9.17) is 11.6 Å². The molecule has 2 aromatic heterocycles. The molecule has 0 saturated carbocycles. The molecule has 2 heterocycles. The van der Waals surface area contributed by atoms with Gasteiger partial charge < -0.3 is 4.90 Å². The number of benzene rings is 1. The number of nitro benzene ring substituents is 1. The molecule has 3 rings (SSSR count). The van der Waals surface area contributed by atoms with Crippen LogP contribution in [0.1, 0.15) is 5.69 Å². The minimum Gasteiger partial charge on any atom is -0.377 e. The molecule has 3 aromatic rings. The average molecular weight is 437 g/mol. The lowest BCUT2D eigenvalue weighted by Gasteiger charge is -2.20. The summed E-state index contributed by atoms with van der Waals surface area (Å²) >= 11 is 5.99. The van der Waals surface area contributed by atoms with Gasteiger partial charge in [0, 0.05) is 39.5 Å². The second-order valence-electron chi connectivity index (χ2n) is 6.25. The molecule has 0 N–H and O–H groups in total. The Bertz CT molecular complexity index is 1220. The van der Waals surface area contributed by atoms with Crippen LogP contribution in [0.4, 0.5) is 11.4 Å². The lowest BCUT2D eigenvalue weighted by atomic mass is 10.2. The normalized spacial score (nSPS) is 11.9. The topological polar surface area (TPSA) is 113 Å². The Morgan fingerprint density at radius 2 is 1.97 bits per heavy atom. The van der Waals surface area contributed by atoms with Crippen LogP contribution in [0.2, 0.25) is 5.02 Å². The SMILES string of the molecule is CN(C)c1ccc([N+](=O)[O-])cc1S(=O)(=O)N(C)N=Cc1cnc2ccc(Cl)cn12. The number of non-ortho nitro benzene ring substituents is 1.